The van der Waals surface area contributed by atoms with Crippen LogP contribution in [0.25, 0.3) is 0 Å². The lowest BCUT2D eigenvalue weighted by molar-refractivity contribution is 0.176. The van der Waals surface area contributed by atoms with E-state index in [1.165, 1.54) is 5.69 Å². The number of amides is 2. The van der Waals surface area contributed by atoms with Gasteiger partial charge in [0.2, 0.25) is 0 Å². The van der Waals surface area contributed by atoms with Crippen LogP contribution in [0.5, 0.6) is 0 Å². The number of carbonyl (C=O) groups is 1. The van der Waals surface area contributed by atoms with E-state index in [0.29, 0.717) is 13.1 Å². The third-order valence-electron chi connectivity index (χ3n) is 3.91. The van der Waals surface area contributed by atoms with Crippen molar-refractivity contribution in [3.8, 4) is 0 Å². The van der Waals surface area contributed by atoms with E-state index in [1.54, 1.807) is 4.90 Å². The highest BCUT2D eigenvalue weighted by molar-refractivity contribution is 5.74. The van der Waals surface area contributed by atoms with Gasteiger partial charge in [0.05, 0.1) is 6.61 Å². The number of rotatable bonds is 5. The van der Waals surface area contributed by atoms with Crippen molar-refractivity contribution in [1.82, 2.24) is 10.2 Å². The smallest absolute Gasteiger partial charge is 0.317 e. The number of benzene rings is 1. The molecule has 1 heterocycles. The fourth-order valence-corrected chi connectivity index (χ4v) is 2.76. The summed E-state index contributed by atoms with van der Waals surface area (Å²) in [7, 11) is 0. The summed E-state index contributed by atoms with van der Waals surface area (Å²) in [4.78, 5) is 16.1. The van der Waals surface area contributed by atoms with Gasteiger partial charge in [-0.3, -0.25) is 0 Å². The van der Waals surface area contributed by atoms with Crippen LogP contribution in [0.3, 0.4) is 0 Å². The Morgan fingerprint density at radius 3 is 2.86 bits per heavy atom. The molecule has 1 unspecified atom stereocenters. The second kappa shape index (κ2) is 7.88. The zero-order valence-corrected chi connectivity index (χ0v) is 12.7. The molecule has 0 spiro atoms. The van der Waals surface area contributed by atoms with Gasteiger partial charge < -0.3 is 20.2 Å². The van der Waals surface area contributed by atoms with Crippen LogP contribution in [0, 0.1) is 0 Å². The maximum Gasteiger partial charge on any atom is 0.317 e. The van der Waals surface area contributed by atoms with Gasteiger partial charge in [0.1, 0.15) is 0 Å². The summed E-state index contributed by atoms with van der Waals surface area (Å²) in [6, 6.07) is 10.4. The number of likely N-dealkylation sites (N-methyl/N-ethyl adjacent to an activating group) is 1. The Kier molecular flexibility index (Phi) is 5.87. The lowest BCUT2D eigenvalue weighted by Gasteiger charge is -2.35. The summed E-state index contributed by atoms with van der Waals surface area (Å²) in [6.07, 6.45) is 2.08. The lowest BCUT2D eigenvalue weighted by atomic mass is 10.1. The molecule has 1 aromatic rings. The van der Waals surface area contributed by atoms with Crippen LogP contribution >= 0.6 is 0 Å². The molecule has 1 saturated heterocycles. The van der Waals surface area contributed by atoms with E-state index in [9.17, 15) is 4.79 Å². The SMILES string of the molecule is CCN(CCO)C(=O)NC1CCCN(c2ccccc2)C1. The molecule has 1 fully saturated rings. The molecular weight excluding hydrogens is 266 g/mol. The predicted molar refractivity (Wildman–Crippen MR) is 84.5 cm³/mol. The third kappa shape index (κ3) is 4.36. The molecule has 0 radical (unpaired) electrons. The molecule has 116 valence electrons. The Morgan fingerprint density at radius 2 is 2.19 bits per heavy atom. The first-order valence-corrected chi connectivity index (χ1v) is 7.71. The molecular formula is C16H25N3O2. The molecule has 2 rings (SSSR count). The van der Waals surface area contributed by atoms with Gasteiger partial charge in [0.25, 0.3) is 0 Å². The van der Waals surface area contributed by atoms with E-state index in [-0.39, 0.29) is 18.7 Å². The monoisotopic (exact) mass is 291 g/mol. The molecule has 0 aromatic heterocycles. The number of piperidine rings is 1. The summed E-state index contributed by atoms with van der Waals surface area (Å²) >= 11 is 0. The van der Waals surface area contributed by atoms with Crippen molar-refractivity contribution in [2.45, 2.75) is 25.8 Å². The number of hydrogen-bond donors (Lipinski definition) is 2. The average Bonchev–Trinajstić information content (AvgIpc) is 2.53. The van der Waals surface area contributed by atoms with E-state index in [0.717, 1.165) is 25.9 Å². The summed E-state index contributed by atoms with van der Waals surface area (Å²) in [5.41, 5.74) is 1.21. The number of hydrogen-bond acceptors (Lipinski definition) is 3. The van der Waals surface area contributed by atoms with E-state index in [2.05, 4.69) is 22.3 Å². The van der Waals surface area contributed by atoms with Crippen molar-refractivity contribution in [3.63, 3.8) is 0 Å². The second-order valence-corrected chi connectivity index (χ2v) is 5.37. The standard InChI is InChI=1S/C16H25N3O2/c1-2-18(11-12-20)16(21)17-14-7-6-10-19(13-14)15-8-4-3-5-9-15/h3-5,8-9,14,20H,2,6-7,10-13H2,1H3,(H,17,21). The number of para-hydroxylation sites is 1. The van der Waals surface area contributed by atoms with Gasteiger partial charge in [-0.2, -0.15) is 0 Å². The summed E-state index contributed by atoms with van der Waals surface area (Å²) < 4.78 is 0. The van der Waals surface area contributed by atoms with Gasteiger partial charge in [0.15, 0.2) is 0 Å². The molecule has 0 aliphatic carbocycles. The molecule has 1 aromatic carbocycles. The molecule has 1 aliphatic rings. The van der Waals surface area contributed by atoms with Crippen molar-refractivity contribution in [3.05, 3.63) is 30.3 Å². The van der Waals surface area contributed by atoms with Crippen LogP contribution in [0.4, 0.5) is 10.5 Å². The Labute approximate surface area is 126 Å². The van der Waals surface area contributed by atoms with E-state index in [1.807, 2.05) is 25.1 Å². The van der Waals surface area contributed by atoms with E-state index >= 15 is 0 Å². The number of anilines is 1. The highest BCUT2D eigenvalue weighted by atomic mass is 16.3. The van der Waals surface area contributed by atoms with Crippen molar-refractivity contribution in [2.24, 2.45) is 0 Å². The molecule has 1 atom stereocenters. The van der Waals surface area contributed by atoms with Gasteiger partial charge in [-0.15, -0.1) is 0 Å². The van der Waals surface area contributed by atoms with E-state index < -0.39 is 0 Å². The third-order valence-corrected chi connectivity index (χ3v) is 3.91. The van der Waals surface area contributed by atoms with Crippen LogP contribution < -0.4 is 10.2 Å². The van der Waals surface area contributed by atoms with Crippen LogP contribution in [0.2, 0.25) is 0 Å². The Bertz CT molecular complexity index is 438. The van der Waals surface area contributed by atoms with Crippen molar-refractivity contribution < 1.29 is 9.90 Å². The van der Waals surface area contributed by atoms with Gasteiger partial charge >= 0.3 is 6.03 Å². The van der Waals surface area contributed by atoms with Gasteiger partial charge in [-0.05, 0) is 31.9 Å². The topological polar surface area (TPSA) is 55.8 Å². The maximum atomic E-state index is 12.2. The maximum absolute atomic E-state index is 12.2. The fourth-order valence-electron chi connectivity index (χ4n) is 2.76. The lowest BCUT2D eigenvalue weighted by Crippen LogP contribution is -2.52. The van der Waals surface area contributed by atoms with Gasteiger partial charge in [-0.25, -0.2) is 4.79 Å². The predicted octanol–water partition coefficient (Wildman–Crippen LogP) is 1.68. The molecule has 5 heteroatoms. The molecule has 2 amide bonds. The van der Waals surface area contributed by atoms with Crippen LogP contribution in [0.15, 0.2) is 30.3 Å². The number of aliphatic hydroxyl groups excluding tert-OH is 1. The first-order chi connectivity index (χ1) is 10.2. The van der Waals surface area contributed by atoms with Crippen LogP contribution in [-0.4, -0.2) is 54.9 Å². The number of carbonyl (C=O) groups excluding carboxylic acids is 1. The summed E-state index contributed by atoms with van der Waals surface area (Å²) in [5, 5.41) is 12.1. The first-order valence-electron chi connectivity index (χ1n) is 7.71. The zero-order valence-electron chi connectivity index (χ0n) is 12.7. The molecule has 21 heavy (non-hydrogen) atoms. The first kappa shape index (κ1) is 15.6. The Morgan fingerprint density at radius 1 is 1.43 bits per heavy atom. The normalized spacial score (nSPS) is 18.4. The number of nitrogens with zero attached hydrogens (tertiary/aromatic N) is 2. The van der Waals surface area contributed by atoms with Gasteiger partial charge in [0, 0.05) is 37.9 Å². The van der Waals surface area contributed by atoms with Crippen molar-refractivity contribution in [2.75, 3.05) is 37.7 Å². The highest BCUT2D eigenvalue weighted by Crippen LogP contribution is 2.19. The number of urea groups is 1. The zero-order chi connectivity index (χ0) is 15.1. The second-order valence-electron chi connectivity index (χ2n) is 5.37. The average molecular weight is 291 g/mol. The van der Waals surface area contributed by atoms with Crippen LogP contribution in [-0.2, 0) is 0 Å². The van der Waals surface area contributed by atoms with Crippen LogP contribution in [0.1, 0.15) is 19.8 Å². The molecule has 0 bridgehead atoms. The quantitative estimate of drug-likeness (QED) is 0.868. The molecule has 0 saturated carbocycles. The van der Waals surface area contributed by atoms with Crippen molar-refractivity contribution in [1.29, 1.82) is 0 Å². The highest BCUT2D eigenvalue weighted by Gasteiger charge is 2.23. The van der Waals surface area contributed by atoms with E-state index in [4.69, 9.17) is 5.11 Å². The minimum absolute atomic E-state index is 0.00205. The summed E-state index contributed by atoms with van der Waals surface area (Å²) in [5.74, 6) is 0. The molecule has 1 aliphatic heterocycles. The number of nitrogens with one attached hydrogen (secondary N) is 1. The Hall–Kier alpha value is -1.75. The minimum atomic E-state index is -0.0774. The summed E-state index contributed by atoms with van der Waals surface area (Å²) in [6.45, 7) is 4.80. The largest absolute Gasteiger partial charge is 0.395 e. The van der Waals surface area contributed by atoms with Gasteiger partial charge in [-0.1, -0.05) is 18.2 Å². The van der Waals surface area contributed by atoms with Crippen molar-refractivity contribution >= 4 is 11.7 Å². The number of aliphatic hydroxyl groups is 1. The molecule has 2 N–H and O–H groups in total. The fraction of sp³-hybridized carbons (Fsp3) is 0.562. The molecule has 5 nitrogen and oxygen atoms in total. The Balaban J connectivity index is 1.91. The minimum Gasteiger partial charge on any atom is -0.395 e.